The molecule has 18 heavy (non-hydrogen) atoms. The van der Waals surface area contributed by atoms with Crippen molar-refractivity contribution in [3.63, 3.8) is 0 Å². The van der Waals surface area contributed by atoms with E-state index in [4.69, 9.17) is 18.9 Å². The summed E-state index contributed by atoms with van der Waals surface area (Å²) < 4.78 is 24.1. The van der Waals surface area contributed by atoms with Crippen molar-refractivity contribution in [2.75, 3.05) is 13.2 Å². The lowest BCUT2D eigenvalue weighted by Gasteiger charge is -2.17. The summed E-state index contributed by atoms with van der Waals surface area (Å²) in [6.45, 7) is 4.74. The molecule has 1 heterocycles. The van der Waals surface area contributed by atoms with Gasteiger partial charge >= 0.3 is 18.6 Å². The zero-order valence-corrected chi connectivity index (χ0v) is 10.1. The molecule has 0 aromatic rings. The van der Waals surface area contributed by atoms with Crippen LogP contribution in [0.25, 0.3) is 0 Å². The Morgan fingerprint density at radius 2 is 2.06 bits per heavy atom. The van der Waals surface area contributed by atoms with E-state index in [1.54, 1.807) is 0 Å². The van der Waals surface area contributed by atoms with Gasteiger partial charge in [0.15, 0.2) is 0 Å². The minimum Gasteiger partial charge on any atom is -0.422 e. The zero-order chi connectivity index (χ0) is 13.4. The smallest absolute Gasteiger partial charge is 0.422 e. The van der Waals surface area contributed by atoms with Crippen molar-refractivity contribution in [1.29, 1.82) is 0 Å². The van der Waals surface area contributed by atoms with Crippen LogP contribution in [-0.2, 0) is 28.5 Å². The number of carbonyl (C=O) groups is 2. The Kier molecular flexibility index (Phi) is 6.16. The maximum atomic E-state index is 11.3. The highest BCUT2D eigenvalue weighted by atomic mass is 16.9. The molecule has 0 spiro atoms. The largest absolute Gasteiger partial charge is 0.515 e. The van der Waals surface area contributed by atoms with Crippen molar-refractivity contribution in [2.45, 2.75) is 32.5 Å². The van der Waals surface area contributed by atoms with Gasteiger partial charge < -0.3 is 23.7 Å². The molecular formula is C11H16O7. The third kappa shape index (κ3) is 5.15. The molecule has 1 fully saturated rings. The average molecular weight is 260 g/mol. The van der Waals surface area contributed by atoms with Gasteiger partial charge in [-0.25, -0.2) is 9.59 Å². The number of carbonyl (C=O) groups excluding carboxylic acids is 2. The molecule has 7 nitrogen and oxygen atoms in total. The van der Waals surface area contributed by atoms with E-state index in [2.05, 4.69) is 11.3 Å². The Balaban J connectivity index is 2.35. The van der Waals surface area contributed by atoms with E-state index in [1.807, 2.05) is 6.92 Å². The SMILES string of the molecule is C=CC(=O)OC(CCC)OC(=O)OC1OCCO1. The van der Waals surface area contributed by atoms with Crippen molar-refractivity contribution in [2.24, 2.45) is 0 Å². The van der Waals surface area contributed by atoms with Crippen LogP contribution >= 0.6 is 0 Å². The maximum Gasteiger partial charge on any atom is 0.515 e. The minimum atomic E-state index is -1.06. The number of hydrogen-bond acceptors (Lipinski definition) is 7. The number of esters is 1. The van der Waals surface area contributed by atoms with E-state index in [9.17, 15) is 9.59 Å². The summed E-state index contributed by atoms with van der Waals surface area (Å²) in [5, 5.41) is 0. The average Bonchev–Trinajstić information content (AvgIpc) is 2.81. The third-order valence-corrected chi connectivity index (χ3v) is 1.95. The van der Waals surface area contributed by atoms with Crippen molar-refractivity contribution < 1.29 is 33.3 Å². The lowest BCUT2D eigenvalue weighted by molar-refractivity contribution is -0.219. The Bertz CT molecular complexity index is 296. The molecule has 1 aliphatic rings. The minimum absolute atomic E-state index is 0.349. The van der Waals surface area contributed by atoms with E-state index in [-0.39, 0.29) is 0 Å². The fourth-order valence-electron chi connectivity index (χ4n) is 1.17. The molecule has 1 saturated heterocycles. The first kappa shape index (κ1) is 14.5. The second-order valence-electron chi connectivity index (χ2n) is 3.38. The van der Waals surface area contributed by atoms with Crippen molar-refractivity contribution in [1.82, 2.24) is 0 Å². The number of rotatable bonds is 6. The van der Waals surface area contributed by atoms with Crippen molar-refractivity contribution >= 4 is 12.1 Å². The quantitative estimate of drug-likeness (QED) is 0.405. The number of ether oxygens (including phenoxy) is 5. The van der Waals surface area contributed by atoms with E-state index in [0.717, 1.165) is 6.08 Å². The van der Waals surface area contributed by atoms with E-state index >= 15 is 0 Å². The fraction of sp³-hybridized carbons (Fsp3) is 0.636. The van der Waals surface area contributed by atoms with Gasteiger partial charge in [-0.05, 0) is 6.42 Å². The van der Waals surface area contributed by atoms with Crippen LogP contribution in [0.15, 0.2) is 12.7 Å². The van der Waals surface area contributed by atoms with Crippen molar-refractivity contribution in [3.05, 3.63) is 12.7 Å². The molecule has 0 bridgehead atoms. The Morgan fingerprint density at radius 3 is 2.61 bits per heavy atom. The molecule has 7 heteroatoms. The Hall–Kier alpha value is -1.60. The first-order valence-electron chi connectivity index (χ1n) is 5.59. The molecule has 0 aromatic carbocycles. The standard InChI is InChI=1S/C11H16O7/c1-3-5-9(16-8(12)4-2)17-10(13)18-11-14-6-7-15-11/h4,9,11H,2-3,5-7H2,1H3. The molecule has 0 aliphatic carbocycles. The summed E-state index contributed by atoms with van der Waals surface area (Å²) in [6, 6.07) is 0. The highest BCUT2D eigenvalue weighted by Gasteiger charge is 2.24. The first-order valence-corrected chi connectivity index (χ1v) is 5.59. The molecule has 1 unspecified atom stereocenters. The maximum absolute atomic E-state index is 11.3. The van der Waals surface area contributed by atoms with Crippen LogP contribution in [0.5, 0.6) is 0 Å². The van der Waals surface area contributed by atoms with Gasteiger partial charge in [-0.2, -0.15) is 0 Å². The summed E-state index contributed by atoms with van der Waals surface area (Å²) in [5.74, 6) is -0.672. The molecule has 0 amide bonds. The predicted molar refractivity (Wildman–Crippen MR) is 58.2 cm³/mol. The van der Waals surface area contributed by atoms with E-state index in [0.29, 0.717) is 26.1 Å². The second-order valence-corrected chi connectivity index (χ2v) is 3.38. The van der Waals surface area contributed by atoms with Gasteiger partial charge in [0, 0.05) is 12.5 Å². The molecule has 0 aromatic heterocycles. The van der Waals surface area contributed by atoms with E-state index in [1.165, 1.54) is 0 Å². The Labute approximate surface area is 105 Å². The molecule has 1 rings (SSSR count). The topological polar surface area (TPSA) is 80.3 Å². The van der Waals surface area contributed by atoms with Gasteiger partial charge in [0.2, 0.25) is 0 Å². The normalized spacial score (nSPS) is 16.9. The van der Waals surface area contributed by atoms with Gasteiger partial charge in [-0.1, -0.05) is 13.5 Å². The number of hydrogen-bond donors (Lipinski definition) is 0. The van der Waals surface area contributed by atoms with Gasteiger partial charge in [-0.3, -0.25) is 0 Å². The predicted octanol–water partition coefficient (Wildman–Crippen LogP) is 1.33. The van der Waals surface area contributed by atoms with Crippen LogP contribution in [0.1, 0.15) is 19.8 Å². The summed E-state index contributed by atoms with van der Waals surface area (Å²) >= 11 is 0. The molecule has 1 aliphatic heterocycles. The molecular weight excluding hydrogens is 244 g/mol. The van der Waals surface area contributed by atoms with Crippen LogP contribution in [-0.4, -0.2) is 38.1 Å². The van der Waals surface area contributed by atoms with Gasteiger partial charge in [0.1, 0.15) is 0 Å². The van der Waals surface area contributed by atoms with Crippen LogP contribution < -0.4 is 0 Å². The van der Waals surface area contributed by atoms with E-state index < -0.39 is 24.9 Å². The lowest BCUT2D eigenvalue weighted by Crippen LogP contribution is -2.27. The molecule has 0 saturated carbocycles. The zero-order valence-electron chi connectivity index (χ0n) is 10.1. The first-order chi connectivity index (χ1) is 8.65. The van der Waals surface area contributed by atoms with Gasteiger partial charge in [0.05, 0.1) is 13.2 Å². The van der Waals surface area contributed by atoms with Gasteiger partial charge in [-0.15, -0.1) is 0 Å². The summed E-state index contributed by atoms with van der Waals surface area (Å²) in [5.41, 5.74) is 0. The van der Waals surface area contributed by atoms with Crippen molar-refractivity contribution in [3.8, 4) is 0 Å². The lowest BCUT2D eigenvalue weighted by atomic mass is 10.3. The molecule has 102 valence electrons. The fourth-order valence-corrected chi connectivity index (χ4v) is 1.17. The second kappa shape index (κ2) is 7.67. The van der Waals surface area contributed by atoms with Crippen LogP contribution in [0.3, 0.4) is 0 Å². The highest BCUT2D eigenvalue weighted by molar-refractivity contribution is 5.81. The molecule has 0 radical (unpaired) electrons. The van der Waals surface area contributed by atoms with Crippen LogP contribution in [0.2, 0.25) is 0 Å². The van der Waals surface area contributed by atoms with Crippen LogP contribution in [0.4, 0.5) is 4.79 Å². The van der Waals surface area contributed by atoms with Crippen LogP contribution in [0, 0.1) is 0 Å². The summed E-state index contributed by atoms with van der Waals surface area (Å²) in [4.78, 5) is 22.3. The van der Waals surface area contributed by atoms with Gasteiger partial charge in [0.25, 0.3) is 6.29 Å². The monoisotopic (exact) mass is 260 g/mol. The molecule has 1 atom stereocenters. The summed E-state index contributed by atoms with van der Waals surface area (Å²) in [7, 11) is 0. The Morgan fingerprint density at radius 1 is 1.39 bits per heavy atom. The highest BCUT2D eigenvalue weighted by Crippen LogP contribution is 2.10. The third-order valence-electron chi connectivity index (χ3n) is 1.95. The summed E-state index contributed by atoms with van der Waals surface area (Å²) in [6.07, 6.45) is -0.00736. The molecule has 0 N–H and O–H groups in total.